The van der Waals surface area contributed by atoms with Crippen molar-refractivity contribution in [3.8, 4) is 11.3 Å². The second kappa shape index (κ2) is 6.13. The van der Waals surface area contributed by atoms with Crippen molar-refractivity contribution in [3.05, 3.63) is 66.1 Å². The lowest BCUT2D eigenvalue weighted by atomic mass is 10.1. The maximum Gasteiger partial charge on any atom is 0.358 e. The predicted molar refractivity (Wildman–Crippen MR) is 73.0 cm³/mol. The summed E-state index contributed by atoms with van der Waals surface area (Å²) in [5.41, 5.74) is 0.761. The van der Waals surface area contributed by atoms with E-state index in [9.17, 15) is 9.18 Å². The van der Waals surface area contributed by atoms with Crippen LogP contribution in [0.1, 0.15) is 16.2 Å². The average molecular weight is 299 g/mol. The van der Waals surface area contributed by atoms with E-state index < -0.39 is 11.8 Å². The van der Waals surface area contributed by atoms with Gasteiger partial charge in [0.25, 0.3) is 0 Å². The standard InChI is InChI=1S/C15H10FN3O3/c16-12-4-2-1-3-11(12)14-7-10(19-22-14)9-21-15(20)13-8-17-5-6-18-13/h1-8H,9H2. The third kappa shape index (κ3) is 2.98. The molecule has 0 aliphatic rings. The van der Waals surface area contributed by atoms with Crippen LogP contribution in [0.5, 0.6) is 0 Å². The van der Waals surface area contributed by atoms with Gasteiger partial charge in [-0.15, -0.1) is 0 Å². The van der Waals surface area contributed by atoms with Crippen LogP contribution < -0.4 is 0 Å². The van der Waals surface area contributed by atoms with Gasteiger partial charge < -0.3 is 9.26 Å². The maximum absolute atomic E-state index is 13.6. The fourth-order valence-electron chi connectivity index (χ4n) is 1.79. The van der Waals surface area contributed by atoms with Crippen LogP contribution >= 0.6 is 0 Å². The highest BCUT2D eigenvalue weighted by molar-refractivity contribution is 5.86. The second-order valence-corrected chi connectivity index (χ2v) is 4.33. The number of carbonyl (C=O) groups excluding carboxylic acids is 1. The lowest BCUT2D eigenvalue weighted by Crippen LogP contribution is -2.07. The molecule has 0 fully saturated rings. The summed E-state index contributed by atoms with van der Waals surface area (Å²) in [4.78, 5) is 19.3. The Kier molecular flexibility index (Phi) is 3.86. The van der Waals surface area contributed by atoms with Crippen LogP contribution in [0.15, 0.2) is 53.4 Å². The van der Waals surface area contributed by atoms with Crippen molar-refractivity contribution in [3.63, 3.8) is 0 Å². The van der Waals surface area contributed by atoms with E-state index in [1.807, 2.05) is 0 Å². The van der Waals surface area contributed by atoms with Gasteiger partial charge in [0.2, 0.25) is 0 Å². The Morgan fingerprint density at radius 3 is 2.91 bits per heavy atom. The smallest absolute Gasteiger partial charge is 0.358 e. The first-order valence-electron chi connectivity index (χ1n) is 6.37. The van der Waals surface area contributed by atoms with E-state index in [0.717, 1.165) is 0 Å². The minimum Gasteiger partial charge on any atom is -0.454 e. The molecule has 6 nitrogen and oxygen atoms in total. The minimum atomic E-state index is -0.622. The van der Waals surface area contributed by atoms with Gasteiger partial charge in [-0.3, -0.25) is 4.98 Å². The lowest BCUT2D eigenvalue weighted by Gasteiger charge is -2.00. The molecule has 0 bridgehead atoms. The van der Waals surface area contributed by atoms with Gasteiger partial charge in [-0.2, -0.15) is 0 Å². The number of ether oxygens (including phenoxy) is 1. The summed E-state index contributed by atoms with van der Waals surface area (Å²) in [6.07, 6.45) is 4.15. The minimum absolute atomic E-state index is 0.0975. The Morgan fingerprint density at radius 1 is 1.27 bits per heavy atom. The summed E-state index contributed by atoms with van der Waals surface area (Å²) in [6.45, 7) is -0.104. The van der Waals surface area contributed by atoms with Gasteiger partial charge in [0.1, 0.15) is 18.1 Å². The van der Waals surface area contributed by atoms with Crippen LogP contribution in [0.3, 0.4) is 0 Å². The second-order valence-electron chi connectivity index (χ2n) is 4.33. The molecule has 22 heavy (non-hydrogen) atoms. The monoisotopic (exact) mass is 299 g/mol. The van der Waals surface area contributed by atoms with E-state index >= 15 is 0 Å². The molecule has 0 atom stereocenters. The van der Waals surface area contributed by atoms with Crippen LogP contribution in [0.25, 0.3) is 11.3 Å². The van der Waals surface area contributed by atoms with Crippen LogP contribution in [-0.4, -0.2) is 21.1 Å². The number of aromatic nitrogens is 3. The molecule has 0 aliphatic heterocycles. The van der Waals surface area contributed by atoms with Crippen LogP contribution in [0, 0.1) is 5.82 Å². The molecule has 3 aromatic rings. The number of nitrogens with zero attached hydrogens (tertiary/aromatic N) is 3. The quantitative estimate of drug-likeness (QED) is 0.689. The number of benzene rings is 1. The third-order valence-corrected chi connectivity index (χ3v) is 2.82. The summed E-state index contributed by atoms with van der Waals surface area (Å²) in [6, 6.07) is 7.69. The van der Waals surface area contributed by atoms with Crippen molar-refractivity contribution in [2.45, 2.75) is 6.61 Å². The molecule has 2 heterocycles. The summed E-state index contributed by atoms with van der Waals surface area (Å²) in [5, 5.41) is 3.74. The van der Waals surface area contributed by atoms with Gasteiger partial charge in [-0.25, -0.2) is 14.2 Å². The number of hydrogen-bond donors (Lipinski definition) is 0. The highest BCUT2D eigenvalue weighted by Gasteiger charge is 2.13. The van der Waals surface area contributed by atoms with E-state index in [2.05, 4.69) is 15.1 Å². The van der Waals surface area contributed by atoms with E-state index in [0.29, 0.717) is 11.3 Å². The van der Waals surface area contributed by atoms with Crippen molar-refractivity contribution in [2.75, 3.05) is 0 Å². The number of rotatable bonds is 4. The molecule has 110 valence electrons. The van der Waals surface area contributed by atoms with Gasteiger partial charge in [0.05, 0.1) is 11.8 Å². The zero-order chi connectivity index (χ0) is 15.4. The fraction of sp³-hybridized carbons (Fsp3) is 0.0667. The molecule has 0 N–H and O–H groups in total. The van der Waals surface area contributed by atoms with Gasteiger partial charge in [0.15, 0.2) is 11.5 Å². The Labute approximate surface area is 124 Å². The van der Waals surface area contributed by atoms with E-state index in [4.69, 9.17) is 9.26 Å². The third-order valence-electron chi connectivity index (χ3n) is 2.82. The molecule has 0 radical (unpaired) electrons. The zero-order valence-electron chi connectivity index (χ0n) is 11.3. The molecule has 3 rings (SSSR count). The van der Waals surface area contributed by atoms with Crippen molar-refractivity contribution < 1.29 is 18.4 Å². The number of esters is 1. The zero-order valence-corrected chi connectivity index (χ0v) is 11.3. The molecule has 0 amide bonds. The van der Waals surface area contributed by atoms with Gasteiger partial charge in [-0.05, 0) is 12.1 Å². The largest absolute Gasteiger partial charge is 0.454 e. The molecule has 2 aromatic heterocycles. The first kappa shape index (κ1) is 13.9. The number of hydrogen-bond acceptors (Lipinski definition) is 6. The van der Waals surface area contributed by atoms with E-state index in [1.54, 1.807) is 18.2 Å². The molecule has 0 aliphatic carbocycles. The molecular formula is C15H10FN3O3. The summed E-state index contributed by atoms with van der Waals surface area (Å²) >= 11 is 0. The SMILES string of the molecule is O=C(OCc1cc(-c2ccccc2F)on1)c1cnccn1. The summed E-state index contributed by atoms with van der Waals surface area (Å²) in [5.74, 6) is -0.769. The van der Waals surface area contributed by atoms with Crippen LogP contribution in [0.2, 0.25) is 0 Å². The van der Waals surface area contributed by atoms with Crippen molar-refractivity contribution in [2.24, 2.45) is 0 Å². The maximum atomic E-state index is 13.6. The van der Waals surface area contributed by atoms with Crippen molar-refractivity contribution in [1.29, 1.82) is 0 Å². The van der Waals surface area contributed by atoms with E-state index in [-0.39, 0.29) is 18.1 Å². The normalized spacial score (nSPS) is 10.4. The molecule has 0 spiro atoms. The molecule has 0 unspecified atom stereocenters. The number of halogens is 1. The molecular weight excluding hydrogens is 289 g/mol. The molecule has 0 saturated heterocycles. The van der Waals surface area contributed by atoms with Crippen molar-refractivity contribution >= 4 is 5.97 Å². The Balaban J connectivity index is 1.68. The Hall–Kier alpha value is -3.09. The van der Waals surface area contributed by atoms with Gasteiger partial charge >= 0.3 is 5.97 Å². The highest BCUT2D eigenvalue weighted by Crippen LogP contribution is 2.23. The van der Waals surface area contributed by atoms with Crippen LogP contribution in [-0.2, 0) is 11.3 Å². The molecule has 1 aromatic carbocycles. The molecule has 0 saturated carbocycles. The summed E-state index contributed by atoms with van der Waals surface area (Å²) in [7, 11) is 0. The molecule has 7 heteroatoms. The first-order chi connectivity index (χ1) is 10.7. The highest BCUT2D eigenvalue weighted by atomic mass is 19.1. The van der Waals surface area contributed by atoms with Gasteiger partial charge in [-0.1, -0.05) is 17.3 Å². The first-order valence-corrected chi connectivity index (χ1v) is 6.37. The van der Waals surface area contributed by atoms with Crippen molar-refractivity contribution in [1.82, 2.24) is 15.1 Å². The average Bonchev–Trinajstić information content (AvgIpc) is 3.02. The predicted octanol–water partition coefficient (Wildman–Crippen LogP) is 2.63. The fourth-order valence-corrected chi connectivity index (χ4v) is 1.79. The summed E-state index contributed by atoms with van der Waals surface area (Å²) < 4.78 is 23.7. The van der Waals surface area contributed by atoms with Crippen LogP contribution in [0.4, 0.5) is 4.39 Å². The topological polar surface area (TPSA) is 78.1 Å². The Morgan fingerprint density at radius 2 is 2.14 bits per heavy atom. The van der Waals surface area contributed by atoms with Gasteiger partial charge in [0, 0.05) is 18.5 Å². The Bertz CT molecular complexity index is 789. The van der Waals surface area contributed by atoms with E-state index in [1.165, 1.54) is 30.7 Å². The lowest BCUT2D eigenvalue weighted by molar-refractivity contribution is 0.0456. The number of carbonyl (C=O) groups is 1.